The molecule has 1 saturated carbocycles. The fourth-order valence-corrected chi connectivity index (χ4v) is 4.44. The van der Waals surface area contributed by atoms with E-state index >= 15 is 0 Å². The molecule has 1 aliphatic carbocycles. The van der Waals surface area contributed by atoms with Gasteiger partial charge in [-0.25, -0.2) is 4.98 Å². The van der Waals surface area contributed by atoms with Crippen molar-refractivity contribution >= 4 is 23.5 Å². The number of rotatable bonds is 7. The second-order valence-electron chi connectivity index (χ2n) is 8.50. The van der Waals surface area contributed by atoms with Gasteiger partial charge in [0.1, 0.15) is 17.9 Å². The number of aromatic nitrogens is 2. The van der Waals surface area contributed by atoms with Crippen LogP contribution in [0.25, 0.3) is 0 Å². The Labute approximate surface area is 199 Å². The first-order chi connectivity index (χ1) is 16.0. The Morgan fingerprint density at radius 1 is 1.30 bits per heavy atom. The molecule has 0 atom stereocenters. The van der Waals surface area contributed by atoms with Crippen LogP contribution < -0.4 is 19.7 Å². The molecular formula is C24H30ClN4O4. The molecule has 4 rings (SSSR count). The Morgan fingerprint density at radius 3 is 2.82 bits per heavy atom. The summed E-state index contributed by atoms with van der Waals surface area (Å²) in [5.74, 6) is 1.11. The summed E-state index contributed by atoms with van der Waals surface area (Å²) in [5, 5.41) is 13.3. The number of ether oxygens (including phenoxy) is 2. The van der Waals surface area contributed by atoms with Gasteiger partial charge in [0, 0.05) is 25.3 Å². The number of hydrogen-bond donors (Lipinski definition) is 2. The molecule has 0 spiro atoms. The van der Waals surface area contributed by atoms with E-state index in [2.05, 4.69) is 26.6 Å². The Balaban J connectivity index is 1.53. The van der Waals surface area contributed by atoms with Crippen molar-refractivity contribution in [1.82, 2.24) is 15.3 Å². The average Bonchev–Trinajstić information content (AvgIpc) is 2.84. The van der Waals surface area contributed by atoms with Crippen molar-refractivity contribution in [3.05, 3.63) is 47.0 Å². The molecule has 2 heterocycles. The quantitative estimate of drug-likeness (QED) is 0.634. The zero-order valence-electron chi connectivity index (χ0n) is 18.8. The number of hydrogen-bond acceptors (Lipinski definition) is 7. The van der Waals surface area contributed by atoms with Crippen molar-refractivity contribution in [3.8, 4) is 11.6 Å². The van der Waals surface area contributed by atoms with E-state index in [1.54, 1.807) is 25.4 Å². The summed E-state index contributed by atoms with van der Waals surface area (Å²) in [6.45, 7) is 1.83. The highest BCUT2D eigenvalue weighted by atomic mass is 35.5. The Bertz CT molecular complexity index is 959. The zero-order chi connectivity index (χ0) is 23.2. The van der Waals surface area contributed by atoms with Gasteiger partial charge >= 0.3 is 0 Å². The van der Waals surface area contributed by atoms with Crippen molar-refractivity contribution in [2.75, 3.05) is 25.1 Å². The van der Waals surface area contributed by atoms with E-state index in [9.17, 15) is 9.90 Å². The van der Waals surface area contributed by atoms with Crippen molar-refractivity contribution in [2.45, 2.75) is 57.3 Å². The van der Waals surface area contributed by atoms with Crippen molar-refractivity contribution < 1.29 is 19.4 Å². The summed E-state index contributed by atoms with van der Waals surface area (Å²) >= 11 is 6.24. The third kappa shape index (κ3) is 6.06. The number of nitrogens with one attached hydrogen (secondary N) is 1. The lowest BCUT2D eigenvalue weighted by molar-refractivity contribution is 0.0862. The number of methoxy groups -OCH3 is 1. The van der Waals surface area contributed by atoms with Crippen LogP contribution in [-0.2, 0) is 6.61 Å². The van der Waals surface area contributed by atoms with Crippen LogP contribution in [0.3, 0.4) is 0 Å². The van der Waals surface area contributed by atoms with E-state index in [0.29, 0.717) is 35.1 Å². The van der Waals surface area contributed by atoms with E-state index in [-0.39, 0.29) is 30.5 Å². The molecule has 9 heteroatoms. The summed E-state index contributed by atoms with van der Waals surface area (Å²) < 4.78 is 11.2. The first-order valence-electron chi connectivity index (χ1n) is 11.4. The van der Waals surface area contributed by atoms with Gasteiger partial charge in [0.05, 0.1) is 18.2 Å². The van der Waals surface area contributed by atoms with Crippen molar-refractivity contribution in [3.63, 3.8) is 0 Å². The third-order valence-corrected chi connectivity index (χ3v) is 6.37. The van der Waals surface area contributed by atoms with Gasteiger partial charge in [-0.1, -0.05) is 17.7 Å². The van der Waals surface area contributed by atoms with Gasteiger partial charge in [-0.3, -0.25) is 4.79 Å². The summed E-state index contributed by atoms with van der Waals surface area (Å²) in [5.41, 5.74) is 1.13. The smallest absolute Gasteiger partial charge is 0.258 e. The minimum atomic E-state index is -0.280. The van der Waals surface area contributed by atoms with Crippen LogP contribution in [0.1, 0.15) is 54.4 Å². The molecule has 1 radical (unpaired) electrons. The molecule has 0 bridgehead atoms. The van der Waals surface area contributed by atoms with Gasteiger partial charge in [-0.2, -0.15) is 4.98 Å². The van der Waals surface area contributed by atoms with Crippen molar-refractivity contribution in [2.24, 2.45) is 0 Å². The van der Waals surface area contributed by atoms with E-state index in [4.69, 9.17) is 21.1 Å². The zero-order valence-corrected chi connectivity index (χ0v) is 19.6. The van der Waals surface area contributed by atoms with Gasteiger partial charge in [-0.15, -0.1) is 0 Å². The summed E-state index contributed by atoms with van der Waals surface area (Å²) in [6, 6.07) is 5.43. The second kappa shape index (κ2) is 11.0. The maximum absolute atomic E-state index is 13.1. The molecule has 1 aliphatic heterocycles. The van der Waals surface area contributed by atoms with Crippen LogP contribution in [0.15, 0.2) is 24.4 Å². The molecule has 177 valence electrons. The number of aliphatic hydroxyl groups excluding tert-OH is 1. The molecule has 8 nitrogen and oxygen atoms in total. The minimum Gasteiger partial charge on any atom is -0.495 e. The Kier molecular flexibility index (Phi) is 7.88. The largest absolute Gasteiger partial charge is 0.495 e. The predicted molar refractivity (Wildman–Crippen MR) is 126 cm³/mol. The summed E-state index contributed by atoms with van der Waals surface area (Å²) in [7, 11) is 1.57. The molecule has 2 fully saturated rings. The van der Waals surface area contributed by atoms with Gasteiger partial charge in [0.2, 0.25) is 11.8 Å². The van der Waals surface area contributed by atoms with Crippen LogP contribution in [0.4, 0.5) is 5.95 Å². The van der Waals surface area contributed by atoms with Gasteiger partial charge < -0.3 is 24.8 Å². The number of nitrogens with zero attached hydrogens (tertiary/aromatic N) is 3. The van der Waals surface area contributed by atoms with E-state index in [1.165, 1.54) is 0 Å². The molecule has 2 N–H and O–H groups in total. The lowest BCUT2D eigenvalue weighted by Gasteiger charge is -2.27. The first-order valence-corrected chi connectivity index (χ1v) is 11.8. The minimum absolute atomic E-state index is 0.0190. The number of carbonyl (C=O) groups excluding carboxylic acids is 1. The number of benzene rings is 1. The lowest BCUT2D eigenvalue weighted by Crippen LogP contribution is -2.39. The van der Waals surface area contributed by atoms with Crippen LogP contribution in [0, 0.1) is 6.42 Å². The maximum Gasteiger partial charge on any atom is 0.258 e. The normalized spacial score (nSPS) is 20.9. The highest BCUT2D eigenvalue weighted by Gasteiger charge is 2.25. The van der Waals surface area contributed by atoms with Crippen LogP contribution in [-0.4, -0.2) is 53.3 Å². The molecule has 1 saturated heterocycles. The fraction of sp³-hybridized carbons (Fsp3) is 0.500. The fourth-order valence-electron chi connectivity index (χ4n) is 4.16. The van der Waals surface area contributed by atoms with Crippen LogP contribution in [0.2, 0.25) is 5.02 Å². The number of amides is 1. The molecule has 1 amide bonds. The molecule has 2 aromatic rings. The maximum atomic E-state index is 13.1. The number of aliphatic hydroxyl groups is 1. The second-order valence-corrected chi connectivity index (χ2v) is 8.91. The van der Waals surface area contributed by atoms with E-state index in [0.717, 1.165) is 44.3 Å². The third-order valence-electron chi connectivity index (χ3n) is 6.08. The summed E-state index contributed by atoms with van der Waals surface area (Å²) in [4.78, 5) is 24.2. The predicted octanol–water partition coefficient (Wildman–Crippen LogP) is 3.56. The molecule has 1 aromatic heterocycles. The van der Waals surface area contributed by atoms with Gasteiger partial charge in [0.15, 0.2) is 0 Å². The van der Waals surface area contributed by atoms with Gasteiger partial charge in [-0.05, 0) is 62.6 Å². The highest BCUT2D eigenvalue weighted by molar-refractivity contribution is 6.32. The van der Waals surface area contributed by atoms with E-state index < -0.39 is 0 Å². The number of anilines is 1. The number of carbonyl (C=O) groups is 1. The Hall–Kier alpha value is -2.58. The molecule has 33 heavy (non-hydrogen) atoms. The van der Waals surface area contributed by atoms with Crippen LogP contribution >= 0.6 is 11.6 Å². The highest BCUT2D eigenvalue weighted by Crippen LogP contribution is 2.27. The SMILES string of the molecule is COc1ccc(COc2nc(N3C[CH]CCC3)ncc2C(=O)NC2CCC(O)CC2)cc1Cl. The molecule has 0 unspecified atom stereocenters. The number of halogens is 1. The standard InChI is InChI=1S/C24H30ClN4O4/c1-32-21-10-5-16(13-20(21)25)15-33-23-19(22(31)27-17-6-8-18(30)9-7-17)14-26-24(28-23)29-11-3-2-4-12-29/h3,5,10,13-14,17-18,30H,2,4,6-9,11-12,15H2,1H3,(H,27,31). The molecule has 2 aliphatic rings. The van der Waals surface area contributed by atoms with Crippen molar-refractivity contribution in [1.29, 1.82) is 0 Å². The summed E-state index contributed by atoms with van der Waals surface area (Å²) in [6.07, 6.45) is 8.45. The Morgan fingerprint density at radius 2 is 2.12 bits per heavy atom. The van der Waals surface area contributed by atoms with Gasteiger partial charge in [0.25, 0.3) is 5.91 Å². The van der Waals surface area contributed by atoms with E-state index in [1.807, 2.05) is 6.07 Å². The molecule has 1 aromatic carbocycles. The monoisotopic (exact) mass is 473 g/mol. The average molecular weight is 474 g/mol. The lowest BCUT2D eigenvalue weighted by atomic mass is 9.93. The number of piperidine rings is 1. The van der Waals surface area contributed by atoms with Crippen LogP contribution in [0.5, 0.6) is 11.6 Å². The topological polar surface area (TPSA) is 96.8 Å². The molecular weight excluding hydrogens is 444 g/mol. The first kappa shape index (κ1) is 23.6.